The fraction of sp³-hybridized carbons (Fsp3) is 0.756. The van der Waals surface area contributed by atoms with E-state index in [1.807, 2.05) is 21.1 Å². The van der Waals surface area contributed by atoms with E-state index in [-0.39, 0.29) is 25.8 Å². The Morgan fingerprint density at radius 2 is 1.07 bits per heavy atom. The van der Waals surface area contributed by atoms with E-state index in [1.165, 1.54) is 70.6 Å². The van der Waals surface area contributed by atoms with Gasteiger partial charge in [0.25, 0.3) is 7.82 Å². The number of quaternary nitrogens is 1. The maximum atomic E-state index is 12.6. The molecule has 0 aliphatic carbocycles. The molecule has 9 heteroatoms. The predicted octanol–water partition coefficient (Wildman–Crippen LogP) is 11.9. The molecule has 0 aromatic rings. The fourth-order valence-electron chi connectivity index (χ4n) is 5.51. The highest BCUT2D eigenvalue weighted by atomic mass is 31.2. The number of hydrogen-bond donors (Lipinski definition) is 0. The lowest BCUT2D eigenvalue weighted by Crippen LogP contribution is -2.37. The van der Waals surface area contributed by atoms with Crippen LogP contribution in [0.15, 0.2) is 60.8 Å². The van der Waals surface area contributed by atoms with E-state index in [1.54, 1.807) is 0 Å². The first-order chi connectivity index (χ1) is 26.1. The van der Waals surface area contributed by atoms with Crippen molar-refractivity contribution in [2.45, 2.75) is 168 Å². The van der Waals surface area contributed by atoms with Crippen molar-refractivity contribution in [3.8, 4) is 0 Å². The molecule has 0 aromatic carbocycles. The molecule has 0 heterocycles. The molecule has 0 fully saturated rings. The second kappa shape index (κ2) is 38.1. The zero-order chi connectivity index (χ0) is 39.9. The summed E-state index contributed by atoms with van der Waals surface area (Å²) >= 11 is 0. The van der Waals surface area contributed by atoms with Gasteiger partial charge in [-0.3, -0.25) is 9.36 Å². The molecule has 8 nitrogen and oxygen atoms in total. The van der Waals surface area contributed by atoms with Crippen LogP contribution in [0.25, 0.3) is 0 Å². The number of phosphoric ester groups is 1. The van der Waals surface area contributed by atoms with Crippen LogP contribution in [0.3, 0.4) is 0 Å². The number of ether oxygens (including phenoxy) is 2. The van der Waals surface area contributed by atoms with Crippen LogP contribution in [0, 0.1) is 0 Å². The van der Waals surface area contributed by atoms with Gasteiger partial charge in [0, 0.05) is 13.0 Å². The van der Waals surface area contributed by atoms with Crippen molar-refractivity contribution >= 4 is 13.8 Å². The van der Waals surface area contributed by atoms with Crippen molar-refractivity contribution < 1.29 is 37.3 Å². The molecule has 0 aromatic heterocycles. The van der Waals surface area contributed by atoms with E-state index < -0.39 is 13.9 Å². The van der Waals surface area contributed by atoms with Crippen molar-refractivity contribution in [2.24, 2.45) is 0 Å². The Hall–Kier alpha value is -1.80. The number of likely N-dealkylation sites (N-methyl/N-ethyl adjacent to an activating group) is 1. The van der Waals surface area contributed by atoms with Gasteiger partial charge in [0.1, 0.15) is 19.3 Å². The monoisotopic (exact) mass is 780 g/mol. The topological polar surface area (TPSA) is 94.1 Å². The van der Waals surface area contributed by atoms with E-state index in [0.717, 1.165) is 70.6 Å². The van der Waals surface area contributed by atoms with Crippen LogP contribution in [0.4, 0.5) is 0 Å². The molecule has 0 rings (SSSR count). The number of rotatable bonds is 39. The lowest BCUT2D eigenvalue weighted by molar-refractivity contribution is -0.870. The molecule has 0 aliphatic rings. The Bertz CT molecular complexity index is 1050. The van der Waals surface area contributed by atoms with Crippen molar-refractivity contribution in [1.82, 2.24) is 0 Å². The summed E-state index contributed by atoms with van der Waals surface area (Å²) in [5.74, 6) is -0.345. The average Bonchev–Trinajstić information content (AvgIpc) is 3.12. The summed E-state index contributed by atoms with van der Waals surface area (Å²) < 4.78 is 34.4. The number of esters is 1. The van der Waals surface area contributed by atoms with E-state index in [2.05, 4.69) is 74.6 Å². The minimum atomic E-state index is -4.52. The molecule has 2 unspecified atom stereocenters. The molecule has 0 N–H and O–H groups in total. The molecule has 0 bridgehead atoms. The normalized spacial score (nSPS) is 14.4. The Labute approximate surface area is 332 Å². The van der Waals surface area contributed by atoms with Crippen LogP contribution < -0.4 is 4.89 Å². The molecule has 54 heavy (non-hydrogen) atoms. The highest BCUT2D eigenvalue weighted by molar-refractivity contribution is 7.45. The lowest BCUT2D eigenvalue weighted by Gasteiger charge is -2.28. The minimum absolute atomic E-state index is 0.0231. The smallest absolute Gasteiger partial charge is 0.306 e. The number of carbonyl (C=O) groups is 1. The van der Waals surface area contributed by atoms with Gasteiger partial charge in [-0.2, -0.15) is 0 Å². The SMILES string of the molecule is CC/C=C\C/C=C\C/C=C\C/C=C\C/C=C\CCCCCCCCCCCC(=O)OC(COCCCCCCCCC)COP(=O)([O-])OCC[N+](C)(C)C. The highest BCUT2D eigenvalue weighted by Crippen LogP contribution is 2.38. The van der Waals surface area contributed by atoms with E-state index in [4.69, 9.17) is 18.5 Å². The zero-order valence-electron chi connectivity index (χ0n) is 35.4. The van der Waals surface area contributed by atoms with Crippen LogP contribution in [-0.4, -0.2) is 70.7 Å². The third-order valence-corrected chi connectivity index (χ3v) is 9.80. The third-order valence-electron chi connectivity index (χ3n) is 8.83. The van der Waals surface area contributed by atoms with Crippen LogP contribution >= 0.6 is 7.82 Å². The molecule has 0 amide bonds. The first-order valence-electron chi connectivity index (χ1n) is 21.5. The standard InChI is InChI=1S/C45H82NO7P/c1-6-8-10-12-14-15-16-17-18-19-20-21-22-23-24-25-26-27-28-29-30-31-32-34-36-38-45(47)53-44(42-50-40-37-35-33-13-11-9-7-2)43-52-54(48,49)51-41-39-46(3,4)5/h8,10,14-15,17-18,20-21,23-24,44H,6-7,9,11-13,16,19,22,25-43H2,1-5H3/b10-8-,15-14-,18-17-,21-20-,24-23-. The van der Waals surface area contributed by atoms with E-state index in [0.29, 0.717) is 24.1 Å². The summed E-state index contributed by atoms with van der Waals surface area (Å²) in [5, 5.41) is 0. The second-order valence-corrected chi connectivity index (χ2v) is 16.7. The number of phosphoric acid groups is 1. The van der Waals surface area contributed by atoms with Crippen LogP contribution in [0.2, 0.25) is 0 Å². The summed E-state index contributed by atoms with van der Waals surface area (Å²) in [6, 6.07) is 0. The largest absolute Gasteiger partial charge is 0.756 e. The maximum absolute atomic E-state index is 12.6. The van der Waals surface area contributed by atoms with Crippen LogP contribution in [-0.2, 0) is 27.9 Å². The van der Waals surface area contributed by atoms with Gasteiger partial charge >= 0.3 is 5.97 Å². The molecule has 0 saturated carbocycles. The maximum Gasteiger partial charge on any atom is 0.306 e. The third kappa shape index (κ3) is 41.4. The molecular weight excluding hydrogens is 697 g/mol. The van der Waals surface area contributed by atoms with Gasteiger partial charge in [-0.1, -0.05) is 158 Å². The Balaban J connectivity index is 4.07. The number of nitrogens with zero attached hydrogens (tertiary/aromatic N) is 1. The summed E-state index contributed by atoms with van der Waals surface area (Å²) in [7, 11) is 1.34. The number of carbonyl (C=O) groups excluding carboxylic acids is 1. The first-order valence-corrected chi connectivity index (χ1v) is 23.0. The lowest BCUT2D eigenvalue weighted by atomic mass is 10.1. The van der Waals surface area contributed by atoms with Crippen LogP contribution in [0.1, 0.15) is 162 Å². The van der Waals surface area contributed by atoms with E-state index in [9.17, 15) is 14.3 Å². The molecule has 314 valence electrons. The Kier molecular flexibility index (Phi) is 36.8. The Morgan fingerprint density at radius 1 is 0.593 bits per heavy atom. The molecule has 0 radical (unpaired) electrons. The van der Waals surface area contributed by atoms with Crippen molar-refractivity contribution in [3.63, 3.8) is 0 Å². The van der Waals surface area contributed by atoms with Gasteiger partial charge in [-0.05, 0) is 57.8 Å². The fourth-order valence-corrected chi connectivity index (χ4v) is 6.24. The van der Waals surface area contributed by atoms with Gasteiger partial charge in [0.05, 0.1) is 34.4 Å². The van der Waals surface area contributed by atoms with Gasteiger partial charge in [0.2, 0.25) is 0 Å². The molecule has 0 aliphatic heterocycles. The van der Waals surface area contributed by atoms with Gasteiger partial charge in [-0.25, -0.2) is 0 Å². The van der Waals surface area contributed by atoms with E-state index >= 15 is 0 Å². The summed E-state index contributed by atoms with van der Waals surface area (Å²) in [6.07, 6.45) is 46.7. The first kappa shape index (κ1) is 52.2. The van der Waals surface area contributed by atoms with Gasteiger partial charge in [0.15, 0.2) is 0 Å². The minimum Gasteiger partial charge on any atom is -0.756 e. The molecule has 0 saturated heterocycles. The van der Waals surface area contributed by atoms with Crippen molar-refractivity contribution in [1.29, 1.82) is 0 Å². The molecular formula is C45H82NO7P. The molecule has 0 spiro atoms. The van der Waals surface area contributed by atoms with Gasteiger partial charge < -0.3 is 27.9 Å². The zero-order valence-corrected chi connectivity index (χ0v) is 36.3. The van der Waals surface area contributed by atoms with Crippen LogP contribution in [0.5, 0.6) is 0 Å². The summed E-state index contributed by atoms with van der Waals surface area (Å²) in [4.78, 5) is 24.9. The van der Waals surface area contributed by atoms with Gasteiger partial charge in [-0.15, -0.1) is 0 Å². The predicted molar refractivity (Wildman–Crippen MR) is 226 cm³/mol. The summed E-state index contributed by atoms with van der Waals surface area (Å²) in [5.41, 5.74) is 0. The van der Waals surface area contributed by atoms with Crippen molar-refractivity contribution in [2.75, 3.05) is 54.1 Å². The number of allylic oxidation sites excluding steroid dienone is 10. The molecule has 2 atom stereocenters. The highest BCUT2D eigenvalue weighted by Gasteiger charge is 2.20. The quantitative estimate of drug-likeness (QED) is 0.0202. The van der Waals surface area contributed by atoms with Crippen molar-refractivity contribution in [3.05, 3.63) is 60.8 Å². The Morgan fingerprint density at radius 3 is 1.61 bits per heavy atom. The number of unbranched alkanes of at least 4 members (excludes halogenated alkanes) is 15. The summed E-state index contributed by atoms with van der Waals surface area (Å²) in [6.45, 7) is 5.24. The average molecular weight is 780 g/mol. The second-order valence-electron chi connectivity index (χ2n) is 15.3. The number of hydrogen-bond acceptors (Lipinski definition) is 7.